The van der Waals surface area contributed by atoms with E-state index in [0.717, 1.165) is 5.56 Å². The topological polar surface area (TPSA) is 67.4 Å². The Morgan fingerprint density at radius 2 is 1.11 bits per heavy atom. The van der Waals surface area contributed by atoms with Gasteiger partial charge in [-0.15, -0.1) is 0 Å². The first-order valence-electron chi connectivity index (χ1n) is 8.35. The van der Waals surface area contributed by atoms with E-state index >= 15 is 0 Å². The van der Waals surface area contributed by atoms with Gasteiger partial charge in [0.2, 0.25) is 0 Å². The molecular formula is C21H16Cl2N2O3. The van der Waals surface area contributed by atoms with Crippen LogP contribution in [0.15, 0.2) is 72.8 Å². The van der Waals surface area contributed by atoms with Gasteiger partial charge in [0, 0.05) is 21.2 Å². The Morgan fingerprint density at radius 1 is 0.679 bits per heavy atom. The normalized spacial score (nSPS) is 10.2. The second-order valence-electron chi connectivity index (χ2n) is 5.85. The summed E-state index contributed by atoms with van der Waals surface area (Å²) in [5, 5.41) is 1.17. The summed E-state index contributed by atoms with van der Waals surface area (Å²) < 4.78 is 5.66. The third kappa shape index (κ3) is 5.49. The van der Waals surface area contributed by atoms with Crippen LogP contribution >= 0.6 is 23.2 Å². The predicted octanol–water partition coefficient (Wildman–Crippen LogP) is 4.65. The summed E-state index contributed by atoms with van der Waals surface area (Å²) in [6.07, 6.45) is 0. The molecule has 28 heavy (non-hydrogen) atoms. The van der Waals surface area contributed by atoms with Gasteiger partial charge in [-0.05, 0) is 66.2 Å². The van der Waals surface area contributed by atoms with Crippen molar-refractivity contribution in [3.05, 3.63) is 99.5 Å². The predicted molar refractivity (Wildman–Crippen MR) is 109 cm³/mol. The SMILES string of the molecule is O=C(NNC(=O)c1ccc(COc2ccc(Cl)cc2)cc1)c1ccc(Cl)cc1. The van der Waals surface area contributed by atoms with Crippen LogP contribution < -0.4 is 15.6 Å². The number of hydrogen-bond donors (Lipinski definition) is 2. The molecular weight excluding hydrogens is 399 g/mol. The minimum absolute atomic E-state index is 0.358. The summed E-state index contributed by atoms with van der Waals surface area (Å²) in [7, 11) is 0. The highest BCUT2D eigenvalue weighted by Crippen LogP contribution is 2.17. The lowest BCUT2D eigenvalue weighted by molar-refractivity contribution is 0.0846. The average molecular weight is 415 g/mol. The Kier molecular flexibility index (Phi) is 6.53. The Hall–Kier alpha value is -3.02. The number of hydrazine groups is 1. The third-order valence-electron chi connectivity index (χ3n) is 3.83. The number of carbonyl (C=O) groups excluding carboxylic acids is 2. The minimum atomic E-state index is -0.432. The molecule has 0 unspecified atom stereocenters. The lowest BCUT2D eigenvalue weighted by atomic mass is 10.1. The third-order valence-corrected chi connectivity index (χ3v) is 4.34. The molecule has 0 aliphatic carbocycles. The summed E-state index contributed by atoms with van der Waals surface area (Å²) in [6.45, 7) is 0.358. The molecule has 3 rings (SSSR count). The zero-order valence-electron chi connectivity index (χ0n) is 14.6. The molecule has 7 heteroatoms. The zero-order valence-corrected chi connectivity index (χ0v) is 16.1. The average Bonchev–Trinajstić information content (AvgIpc) is 2.72. The molecule has 0 saturated heterocycles. The maximum absolute atomic E-state index is 12.2. The summed E-state index contributed by atoms with van der Waals surface area (Å²) in [4.78, 5) is 24.2. The fourth-order valence-corrected chi connectivity index (χ4v) is 2.56. The van der Waals surface area contributed by atoms with Crippen LogP contribution in [0.25, 0.3) is 0 Å². The van der Waals surface area contributed by atoms with Crippen molar-refractivity contribution in [2.24, 2.45) is 0 Å². The largest absolute Gasteiger partial charge is 0.489 e. The molecule has 0 aromatic heterocycles. The summed E-state index contributed by atoms with van der Waals surface area (Å²) in [5.41, 5.74) is 6.44. The Balaban J connectivity index is 1.51. The molecule has 142 valence electrons. The lowest BCUT2D eigenvalue weighted by Crippen LogP contribution is -2.41. The fraction of sp³-hybridized carbons (Fsp3) is 0.0476. The van der Waals surface area contributed by atoms with Gasteiger partial charge in [-0.3, -0.25) is 20.4 Å². The lowest BCUT2D eigenvalue weighted by Gasteiger charge is -2.09. The van der Waals surface area contributed by atoms with Crippen LogP contribution in [0.4, 0.5) is 0 Å². The van der Waals surface area contributed by atoms with Gasteiger partial charge in [0.05, 0.1) is 0 Å². The minimum Gasteiger partial charge on any atom is -0.489 e. The van der Waals surface area contributed by atoms with Crippen molar-refractivity contribution in [2.75, 3.05) is 0 Å². The number of benzene rings is 3. The summed E-state index contributed by atoms with van der Waals surface area (Å²) in [5.74, 6) is -0.151. The van der Waals surface area contributed by atoms with Crippen molar-refractivity contribution in [3.8, 4) is 5.75 Å². The molecule has 2 amide bonds. The second kappa shape index (κ2) is 9.26. The molecule has 0 heterocycles. The van der Waals surface area contributed by atoms with Gasteiger partial charge in [-0.2, -0.15) is 0 Å². The van der Waals surface area contributed by atoms with Gasteiger partial charge < -0.3 is 4.74 Å². The van der Waals surface area contributed by atoms with Gasteiger partial charge in [-0.1, -0.05) is 35.3 Å². The van der Waals surface area contributed by atoms with Crippen molar-refractivity contribution in [3.63, 3.8) is 0 Å². The van der Waals surface area contributed by atoms with E-state index in [2.05, 4.69) is 10.9 Å². The molecule has 3 aromatic rings. The van der Waals surface area contributed by atoms with Crippen molar-refractivity contribution >= 4 is 35.0 Å². The van der Waals surface area contributed by atoms with E-state index < -0.39 is 11.8 Å². The molecule has 0 fully saturated rings. The van der Waals surface area contributed by atoms with Crippen LogP contribution in [0, 0.1) is 0 Å². The van der Waals surface area contributed by atoms with Crippen molar-refractivity contribution in [1.82, 2.24) is 10.9 Å². The maximum Gasteiger partial charge on any atom is 0.269 e. The number of halogens is 2. The van der Waals surface area contributed by atoms with Crippen LogP contribution in [0.5, 0.6) is 5.75 Å². The number of amides is 2. The fourth-order valence-electron chi connectivity index (χ4n) is 2.31. The first kappa shape index (κ1) is 19.7. The second-order valence-corrected chi connectivity index (χ2v) is 6.73. The zero-order chi connectivity index (χ0) is 19.9. The van der Waals surface area contributed by atoms with E-state index in [4.69, 9.17) is 27.9 Å². The number of carbonyl (C=O) groups is 2. The van der Waals surface area contributed by atoms with Gasteiger partial charge >= 0.3 is 0 Å². The van der Waals surface area contributed by atoms with Gasteiger partial charge in [0.15, 0.2) is 0 Å². The van der Waals surface area contributed by atoms with E-state index in [1.165, 1.54) is 0 Å². The number of rotatable bonds is 5. The number of ether oxygens (including phenoxy) is 1. The quantitative estimate of drug-likeness (QED) is 0.597. The smallest absolute Gasteiger partial charge is 0.269 e. The maximum atomic E-state index is 12.2. The standard InChI is InChI=1S/C21H16Cl2N2O3/c22-17-7-5-16(6-8-17)21(27)25-24-20(26)15-3-1-14(2-4-15)13-28-19-11-9-18(23)10-12-19/h1-12H,13H2,(H,24,26)(H,25,27). The first-order valence-corrected chi connectivity index (χ1v) is 9.10. The number of nitrogens with one attached hydrogen (secondary N) is 2. The van der Waals surface area contributed by atoms with Gasteiger partial charge in [0.25, 0.3) is 11.8 Å². The monoisotopic (exact) mass is 414 g/mol. The van der Waals surface area contributed by atoms with Crippen LogP contribution in [0.1, 0.15) is 26.3 Å². The van der Waals surface area contributed by atoms with Crippen LogP contribution in [0.2, 0.25) is 10.0 Å². The van der Waals surface area contributed by atoms with E-state index in [0.29, 0.717) is 33.5 Å². The molecule has 2 N–H and O–H groups in total. The van der Waals surface area contributed by atoms with E-state index in [1.807, 2.05) is 0 Å². The molecule has 0 atom stereocenters. The van der Waals surface area contributed by atoms with Crippen LogP contribution in [-0.4, -0.2) is 11.8 Å². The van der Waals surface area contributed by atoms with Gasteiger partial charge in [-0.25, -0.2) is 0 Å². The summed E-state index contributed by atoms with van der Waals surface area (Å²) in [6, 6.07) is 20.3. The highest BCUT2D eigenvalue weighted by atomic mass is 35.5. The van der Waals surface area contributed by atoms with Crippen molar-refractivity contribution < 1.29 is 14.3 Å². The van der Waals surface area contributed by atoms with E-state index in [9.17, 15) is 9.59 Å². The summed E-state index contributed by atoms with van der Waals surface area (Å²) >= 11 is 11.6. The van der Waals surface area contributed by atoms with Crippen molar-refractivity contribution in [1.29, 1.82) is 0 Å². The van der Waals surface area contributed by atoms with E-state index in [1.54, 1.807) is 72.8 Å². The van der Waals surface area contributed by atoms with Crippen LogP contribution in [-0.2, 0) is 6.61 Å². The Labute approximate surface area is 172 Å². The molecule has 3 aromatic carbocycles. The molecule has 0 saturated carbocycles. The van der Waals surface area contributed by atoms with Gasteiger partial charge in [0.1, 0.15) is 12.4 Å². The van der Waals surface area contributed by atoms with Crippen LogP contribution in [0.3, 0.4) is 0 Å². The number of hydrogen-bond acceptors (Lipinski definition) is 3. The molecule has 0 aliphatic rings. The van der Waals surface area contributed by atoms with E-state index in [-0.39, 0.29) is 0 Å². The highest BCUT2D eigenvalue weighted by molar-refractivity contribution is 6.30. The highest BCUT2D eigenvalue weighted by Gasteiger charge is 2.09. The molecule has 5 nitrogen and oxygen atoms in total. The Morgan fingerprint density at radius 3 is 1.61 bits per heavy atom. The molecule has 0 spiro atoms. The molecule has 0 aliphatic heterocycles. The molecule has 0 bridgehead atoms. The first-order chi connectivity index (χ1) is 13.5. The van der Waals surface area contributed by atoms with Crippen molar-refractivity contribution in [2.45, 2.75) is 6.61 Å². The Bertz CT molecular complexity index is 956. The molecule has 0 radical (unpaired) electrons.